The fourth-order valence-electron chi connectivity index (χ4n) is 3.06. The molecule has 0 spiro atoms. The molecule has 2 aromatic heterocycles. The van der Waals surface area contributed by atoms with E-state index in [1.165, 1.54) is 36.1 Å². The van der Waals surface area contributed by atoms with E-state index in [9.17, 15) is 9.59 Å². The highest BCUT2D eigenvalue weighted by molar-refractivity contribution is 8.00. The molecule has 4 rings (SSSR count). The zero-order chi connectivity index (χ0) is 22.0. The third-order valence-electron chi connectivity index (χ3n) is 4.64. The van der Waals surface area contributed by atoms with Crippen LogP contribution in [0.1, 0.15) is 23.6 Å². The molecule has 0 aliphatic carbocycles. The van der Waals surface area contributed by atoms with Gasteiger partial charge in [-0.3, -0.25) is 4.79 Å². The standard InChI is InChI=1S/C22H20N4O3S2/c1-12-7-18-15(9-20(28)29-19(18)8-13(12)2)11-30-22-26-25-21(31-22)24-17-6-4-5-16(10-17)23-14(3)27/h4-10H,11H2,1-3H3,(H,23,27)(H,24,25). The van der Waals surface area contributed by atoms with Crippen LogP contribution in [-0.2, 0) is 10.5 Å². The number of aryl methyl sites for hydroxylation is 2. The second kappa shape index (κ2) is 8.91. The molecule has 31 heavy (non-hydrogen) atoms. The van der Waals surface area contributed by atoms with Crippen LogP contribution in [0.4, 0.5) is 16.5 Å². The first-order chi connectivity index (χ1) is 14.9. The monoisotopic (exact) mass is 452 g/mol. The molecule has 2 aromatic carbocycles. The van der Waals surface area contributed by atoms with Crippen LogP contribution in [0.5, 0.6) is 0 Å². The topological polar surface area (TPSA) is 97.1 Å². The van der Waals surface area contributed by atoms with Gasteiger partial charge in [-0.25, -0.2) is 4.79 Å². The Morgan fingerprint density at radius 2 is 1.87 bits per heavy atom. The highest BCUT2D eigenvalue weighted by Gasteiger charge is 2.11. The van der Waals surface area contributed by atoms with Crippen molar-refractivity contribution in [3.63, 3.8) is 0 Å². The van der Waals surface area contributed by atoms with Gasteiger partial charge in [0, 0.05) is 35.5 Å². The van der Waals surface area contributed by atoms with Crippen LogP contribution in [0.25, 0.3) is 11.0 Å². The first kappa shape index (κ1) is 21.1. The van der Waals surface area contributed by atoms with Gasteiger partial charge >= 0.3 is 5.63 Å². The number of nitrogens with zero attached hydrogens (tertiary/aromatic N) is 2. The normalized spacial score (nSPS) is 10.9. The van der Waals surface area contributed by atoms with E-state index in [2.05, 4.69) is 26.9 Å². The molecular formula is C22H20N4O3S2. The molecule has 0 saturated carbocycles. The van der Waals surface area contributed by atoms with Gasteiger partial charge in [0.05, 0.1) is 0 Å². The van der Waals surface area contributed by atoms with Crippen LogP contribution in [-0.4, -0.2) is 16.1 Å². The Hall–Kier alpha value is -3.17. The van der Waals surface area contributed by atoms with E-state index in [0.717, 1.165) is 32.1 Å². The molecule has 0 aliphatic heterocycles. The Morgan fingerprint density at radius 1 is 1.10 bits per heavy atom. The summed E-state index contributed by atoms with van der Waals surface area (Å²) in [7, 11) is 0. The highest BCUT2D eigenvalue weighted by Crippen LogP contribution is 2.32. The average Bonchev–Trinajstić information content (AvgIpc) is 3.14. The van der Waals surface area contributed by atoms with Gasteiger partial charge < -0.3 is 15.1 Å². The van der Waals surface area contributed by atoms with Gasteiger partial charge in [-0.1, -0.05) is 29.2 Å². The largest absolute Gasteiger partial charge is 0.423 e. The van der Waals surface area contributed by atoms with Crippen LogP contribution < -0.4 is 16.3 Å². The molecule has 7 nitrogen and oxygen atoms in total. The van der Waals surface area contributed by atoms with Gasteiger partial charge in [-0.2, -0.15) is 0 Å². The Balaban J connectivity index is 1.48. The molecule has 0 unspecified atom stereocenters. The number of nitrogens with one attached hydrogen (secondary N) is 2. The maximum atomic E-state index is 12.0. The molecule has 4 aromatic rings. The first-order valence-corrected chi connectivity index (χ1v) is 11.3. The van der Waals surface area contributed by atoms with E-state index in [1.54, 1.807) is 0 Å². The summed E-state index contributed by atoms with van der Waals surface area (Å²) >= 11 is 2.94. The molecule has 0 saturated heterocycles. The smallest absolute Gasteiger partial charge is 0.336 e. The molecule has 1 amide bonds. The zero-order valence-corrected chi connectivity index (χ0v) is 18.8. The van der Waals surface area contributed by atoms with Crippen molar-refractivity contribution >= 4 is 56.5 Å². The number of hydrogen-bond acceptors (Lipinski definition) is 8. The highest BCUT2D eigenvalue weighted by atomic mass is 32.2. The number of anilines is 3. The molecule has 158 valence electrons. The summed E-state index contributed by atoms with van der Waals surface area (Å²) in [5, 5.41) is 16.0. The lowest BCUT2D eigenvalue weighted by Gasteiger charge is -2.07. The molecule has 0 fully saturated rings. The van der Waals surface area contributed by atoms with Gasteiger partial charge in [0.25, 0.3) is 0 Å². The second-order valence-corrected chi connectivity index (χ2v) is 9.27. The number of hydrogen-bond donors (Lipinski definition) is 2. The van der Waals surface area contributed by atoms with Crippen molar-refractivity contribution in [2.45, 2.75) is 30.9 Å². The summed E-state index contributed by atoms with van der Waals surface area (Å²) in [4.78, 5) is 23.2. The van der Waals surface area contributed by atoms with Crippen LogP contribution >= 0.6 is 23.1 Å². The third-order valence-corrected chi connectivity index (χ3v) is 6.66. The number of fused-ring (bicyclic) bond motifs is 1. The molecule has 0 atom stereocenters. The van der Waals surface area contributed by atoms with Crippen LogP contribution in [0, 0.1) is 13.8 Å². The van der Waals surface area contributed by atoms with E-state index in [1.807, 2.05) is 44.2 Å². The van der Waals surface area contributed by atoms with Gasteiger partial charge in [-0.05, 0) is 60.9 Å². The summed E-state index contributed by atoms with van der Waals surface area (Å²) in [6.45, 7) is 5.51. The summed E-state index contributed by atoms with van der Waals surface area (Å²) < 4.78 is 6.15. The second-order valence-electron chi connectivity index (χ2n) is 7.07. The van der Waals surface area contributed by atoms with Crippen molar-refractivity contribution in [1.29, 1.82) is 0 Å². The van der Waals surface area contributed by atoms with Crippen LogP contribution in [0.2, 0.25) is 0 Å². The van der Waals surface area contributed by atoms with E-state index in [-0.39, 0.29) is 11.5 Å². The maximum Gasteiger partial charge on any atom is 0.336 e. The van der Waals surface area contributed by atoms with Crippen molar-refractivity contribution in [2.24, 2.45) is 0 Å². The fourth-order valence-corrected chi connectivity index (χ4v) is 4.83. The Kier molecular flexibility index (Phi) is 6.06. The predicted molar refractivity (Wildman–Crippen MR) is 125 cm³/mol. The number of aromatic nitrogens is 2. The van der Waals surface area contributed by atoms with Crippen molar-refractivity contribution in [3.8, 4) is 0 Å². The van der Waals surface area contributed by atoms with Gasteiger partial charge in [0.2, 0.25) is 11.0 Å². The zero-order valence-electron chi connectivity index (χ0n) is 17.2. The number of carbonyl (C=O) groups excluding carboxylic acids is 1. The number of amides is 1. The lowest BCUT2D eigenvalue weighted by molar-refractivity contribution is -0.114. The molecule has 0 radical (unpaired) electrons. The minimum Gasteiger partial charge on any atom is -0.423 e. The fraction of sp³-hybridized carbons (Fsp3) is 0.182. The number of thioether (sulfide) groups is 1. The predicted octanol–water partition coefficient (Wildman–Crippen LogP) is 5.26. The van der Waals surface area contributed by atoms with Gasteiger partial charge in [0.1, 0.15) is 5.58 Å². The third kappa shape index (κ3) is 5.12. The molecular weight excluding hydrogens is 432 g/mol. The van der Waals surface area contributed by atoms with E-state index in [0.29, 0.717) is 22.2 Å². The van der Waals surface area contributed by atoms with Crippen molar-refractivity contribution < 1.29 is 9.21 Å². The Morgan fingerprint density at radius 3 is 2.68 bits per heavy atom. The summed E-state index contributed by atoms with van der Waals surface area (Å²) in [6.07, 6.45) is 0. The summed E-state index contributed by atoms with van der Waals surface area (Å²) in [5.41, 5.74) is 4.90. The minimum absolute atomic E-state index is 0.125. The molecule has 2 heterocycles. The van der Waals surface area contributed by atoms with Crippen molar-refractivity contribution in [1.82, 2.24) is 10.2 Å². The van der Waals surface area contributed by atoms with E-state index < -0.39 is 0 Å². The summed E-state index contributed by atoms with van der Waals surface area (Å²) in [6, 6.07) is 12.9. The maximum absolute atomic E-state index is 12.0. The number of benzene rings is 2. The molecule has 0 aliphatic rings. The van der Waals surface area contributed by atoms with E-state index in [4.69, 9.17) is 4.42 Å². The number of rotatable bonds is 6. The Labute approximate surface area is 186 Å². The molecule has 0 bridgehead atoms. The SMILES string of the molecule is CC(=O)Nc1cccc(Nc2nnc(SCc3cc(=O)oc4cc(C)c(C)cc34)s2)c1. The van der Waals surface area contributed by atoms with E-state index >= 15 is 0 Å². The average molecular weight is 453 g/mol. The number of carbonyl (C=O) groups is 1. The van der Waals surface area contributed by atoms with Gasteiger partial charge in [0.15, 0.2) is 4.34 Å². The quantitative estimate of drug-likeness (QED) is 0.304. The first-order valence-electron chi connectivity index (χ1n) is 9.52. The van der Waals surface area contributed by atoms with Gasteiger partial charge in [-0.15, -0.1) is 10.2 Å². The van der Waals surface area contributed by atoms with Crippen LogP contribution in [0.15, 0.2) is 56.0 Å². The van der Waals surface area contributed by atoms with Crippen molar-refractivity contribution in [3.05, 3.63) is 69.6 Å². The lowest BCUT2D eigenvalue weighted by atomic mass is 10.0. The summed E-state index contributed by atoms with van der Waals surface area (Å²) in [5.74, 6) is 0.455. The molecule has 2 N–H and O–H groups in total. The Bertz CT molecular complexity index is 1330. The lowest BCUT2D eigenvalue weighted by Crippen LogP contribution is -2.05. The van der Waals surface area contributed by atoms with Crippen LogP contribution in [0.3, 0.4) is 0 Å². The molecule has 9 heteroatoms. The minimum atomic E-state index is -0.356. The van der Waals surface area contributed by atoms with Crippen molar-refractivity contribution in [2.75, 3.05) is 10.6 Å².